The third-order valence-corrected chi connectivity index (χ3v) is 5.87. The highest BCUT2D eigenvalue weighted by atomic mass is 16.5. The molecule has 0 aliphatic carbocycles. The Morgan fingerprint density at radius 1 is 0.733 bits per heavy atom. The molecule has 0 rings (SSSR count). The normalized spacial score (nSPS) is 13.2. The largest absolute Gasteiger partial charge is 0.481 e. The van der Waals surface area contributed by atoms with Gasteiger partial charge in [-0.25, -0.2) is 0 Å². The molecule has 0 amide bonds. The van der Waals surface area contributed by atoms with Crippen LogP contribution in [0.2, 0.25) is 0 Å². The molecule has 178 valence electrons. The molecule has 0 radical (unpaired) electrons. The second-order valence-corrected chi connectivity index (χ2v) is 8.85. The number of carboxylic acids is 1. The molecule has 0 aliphatic rings. The number of carboxylic acid groups (broad SMARTS) is 1. The summed E-state index contributed by atoms with van der Waals surface area (Å²) in [5.74, 6) is -0.999. The van der Waals surface area contributed by atoms with Gasteiger partial charge in [-0.05, 0) is 25.2 Å². The fourth-order valence-corrected chi connectivity index (χ4v) is 3.80. The molecular formula is C25H49NO4. The average molecular weight is 428 g/mol. The molecule has 0 aromatic carbocycles. The number of hydrogen-bond donors (Lipinski definition) is 2. The van der Waals surface area contributed by atoms with Crippen molar-refractivity contribution in [1.29, 1.82) is 0 Å². The minimum Gasteiger partial charge on any atom is -0.481 e. The van der Waals surface area contributed by atoms with Crippen molar-refractivity contribution in [3.63, 3.8) is 0 Å². The minimum atomic E-state index is -0.936. The molecule has 0 bridgehead atoms. The maximum atomic E-state index is 12.1. The van der Waals surface area contributed by atoms with Crippen LogP contribution in [0.3, 0.4) is 0 Å². The number of rotatable bonds is 22. The summed E-state index contributed by atoms with van der Waals surface area (Å²) < 4.78 is 5.46. The van der Waals surface area contributed by atoms with Gasteiger partial charge in [-0.3, -0.25) is 9.59 Å². The van der Waals surface area contributed by atoms with E-state index in [1.54, 1.807) is 0 Å². The van der Waals surface area contributed by atoms with Crippen molar-refractivity contribution in [3.05, 3.63) is 0 Å². The van der Waals surface area contributed by atoms with Gasteiger partial charge in [0.2, 0.25) is 0 Å². The third-order valence-electron chi connectivity index (χ3n) is 5.87. The molecule has 0 aromatic heterocycles. The third kappa shape index (κ3) is 18.9. The summed E-state index contributed by atoms with van der Waals surface area (Å²) in [6, 6.07) is -0.834. The lowest BCUT2D eigenvalue weighted by molar-refractivity contribution is -0.147. The predicted octanol–water partition coefficient (Wildman–Crippen LogP) is 6.62. The van der Waals surface area contributed by atoms with Crippen molar-refractivity contribution in [2.75, 3.05) is 6.61 Å². The Morgan fingerprint density at radius 2 is 1.17 bits per heavy atom. The van der Waals surface area contributed by atoms with Crippen LogP contribution >= 0.6 is 0 Å². The molecular weight excluding hydrogens is 378 g/mol. The highest BCUT2D eigenvalue weighted by Crippen LogP contribution is 2.20. The second-order valence-electron chi connectivity index (χ2n) is 8.85. The van der Waals surface area contributed by atoms with Gasteiger partial charge in [0, 0.05) is 6.42 Å². The van der Waals surface area contributed by atoms with E-state index in [0.29, 0.717) is 12.5 Å². The Labute approximate surface area is 185 Å². The van der Waals surface area contributed by atoms with E-state index in [0.717, 1.165) is 12.8 Å². The number of unbranched alkanes of at least 4 members (excludes halogenated alkanes) is 12. The van der Waals surface area contributed by atoms with E-state index in [9.17, 15) is 9.59 Å². The van der Waals surface area contributed by atoms with Crippen LogP contribution in [0.15, 0.2) is 0 Å². The lowest BCUT2D eigenvalue weighted by Crippen LogP contribution is -2.34. The molecule has 0 saturated carbocycles. The summed E-state index contributed by atoms with van der Waals surface area (Å²) in [5.41, 5.74) is 5.77. The number of esters is 1. The molecule has 5 nitrogen and oxygen atoms in total. The lowest BCUT2D eigenvalue weighted by atomic mass is 9.94. The number of carbonyl (C=O) groups is 2. The smallest absolute Gasteiger partial charge is 0.322 e. The maximum absolute atomic E-state index is 12.1. The number of ether oxygens (including phenoxy) is 1. The van der Waals surface area contributed by atoms with Crippen molar-refractivity contribution in [2.24, 2.45) is 11.7 Å². The molecule has 0 heterocycles. The predicted molar refractivity (Wildman–Crippen MR) is 125 cm³/mol. The van der Waals surface area contributed by atoms with Crippen LogP contribution in [-0.2, 0) is 14.3 Å². The zero-order chi connectivity index (χ0) is 22.5. The van der Waals surface area contributed by atoms with Gasteiger partial charge >= 0.3 is 11.9 Å². The average Bonchev–Trinajstić information content (AvgIpc) is 2.73. The van der Waals surface area contributed by atoms with Crippen LogP contribution in [0, 0.1) is 5.92 Å². The van der Waals surface area contributed by atoms with Gasteiger partial charge in [-0.15, -0.1) is 0 Å². The first kappa shape index (κ1) is 28.9. The van der Waals surface area contributed by atoms with Crippen LogP contribution in [0.1, 0.15) is 129 Å². The Balaban J connectivity index is 4.16. The topological polar surface area (TPSA) is 89.6 Å². The van der Waals surface area contributed by atoms with E-state index in [2.05, 4.69) is 13.8 Å². The molecule has 1 unspecified atom stereocenters. The molecule has 3 N–H and O–H groups in total. The van der Waals surface area contributed by atoms with E-state index in [-0.39, 0.29) is 12.8 Å². The van der Waals surface area contributed by atoms with E-state index in [1.165, 1.54) is 89.9 Å². The Morgan fingerprint density at radius 3 is 1.60 bits per heavy atom. The zero-order valence-corrected chi connectivity index (χ0v) is 19.8. The summed E-state index contributed by atoms with van der Waals surface area (Å²) in [6.45, 7) is 4.90. The van der Waals surface area contributed by atoms with Crippen LogP contribution in [0.5, 0.6) is 0 Å². The summed E-state index contributed by atoms with van der Waals surface area (Å²) in [5, 5.41) is 8.73. The summed E-state index contributed by atoms with van der Waals surface area (Å²) in [7, 11) is 0. The van der Waals surface area contributed by atoms with Crippen LogP contribution < -0.4 is 5.73 Å². The van der Waals surface area contributed by atoms with E-state index in [1.807, 2.05) is 0 Å². The molecule has 0 aromatic rings. The Kier molecular flexibility index (Phi) is 20.4. The quantitative estimate of drug-likeness (QED) is 0.150. The van der Waals surface area contributed by atoms with Crippen molar-refractivity contribution in [1.82, 2.24) is 0 Å². The molecule has 0 saturated heterocycles. The Hall–Kier alpha value is -1.10. The van der Waals surface area contributed by atoms with Crippen LogP contribution in [-0.4, -0.2) is 29.7 Å². The number of nitrogens with two attached hydrogens (primary N) is 1. The van der Waals surface area contributed by atoms with Gasteiger partial charge in [0.25, 0.3) is 0 Å². The van der Waals surface area contributed by atoms with Gasteiger partial charge < -0.3 is 15.6 Å². The minimum absolute atomic E-state index is 0.101. The second kappa shape index (κ2) is 21.1. The molecule has 0 fully saturated rings. The first-order chi connectivity index (χ1) is 14.5. The number of aliphatic carboxylic acids is 1. The van der Waals surface area contributed by atoms with E-state index < -0.39 is 18.0 Å². The molecule has 2 atom stereocenters. The number of hydrogen-bond acceptors (Lipinski definition) is 4. The first-order valence-corrected chi connectivity index (χ1v) is 12.6. The summed E-state index contributed by atoms with van der Waals surface area (Å²) in [6.07, 6.45) is 20.3. The monoisotopic (exact) mass is 427 g/mol. The lowest BCUT2D eigenvalue weighted by Gasteiger charge is -2.18. The molecule has 30 heavy (non-hydrogen) atoms. The molecule has 5 heteroatoms. The fraction of sp³-hybridized carbons (Fsp3) is 0.920. The Bertz CT molecular complexity index is 414. The number of carbonyl (C=O) groups excluding carboxylic acids is 1. The van der Waals surface area contributed by atoms with E-state index in [4.69, 9.17) is 15.6 Å². The van der Waals surface area contributed by atoms with Crippen molar-refractivity contribution < 1.29 is 19.4 Å². The molecule has 0 aliphatic heterocycles. The standard InChI is InChI=1S/C25H49NO4/c1-3-5-7-9-11-12-14-16-18-22(17-15-13-10-8-6-4-2)21-30-25(29)23(26)19-20-24(27)28/h22-23H,3-21,26H2,1-2H3,(H,27,28)/t22?,23-/m0/s1. The first-order valence-electron chi connectivity index (χ1n) is 12.6. The van der Waals surface area contributed by atoms with Gasteiger partial charge in [0.05, 0.1) is 6.61 Å². The van der Waals surface area contributed by atoms with Crippen LogP contribution in [0.25, 0.3) is 0 Å². The highest BCUT2D eigenvalue weighted by Gasteiger charge is 2.18. The van der Waals surface area contributed by atoms with Crippen molar-refractivity contribution >= 4 is 11.9 Å². The van der Waals surface area contributed by atoms with Gasteiger partial charge in [0.15, 0.2) is 0 Å². The SMILES string of the molecule is CCCCCCCCCCC(CCCCCCCC)COC(=O)[C@@H](N)CCC(=O)O. The van der Waals surface area contributed by atoms with Crippen molar-refractivity contribution in [2.45, 2.75) is 135 Å². The summed E-state index contributed by atoms with van der Waals surface area (Å²) in [4.78, 5) is 22.7. The van der Waals surface area contributed by atoms with E-state index >= 15 is 0 Å². The highest BCUT2D eigenvalue weighted by molar-refractivity contribution is 5.76. The maximum Gasteiger partial charge on any atom is 0.322 e. The summed E-state index contributed by atoms with van der Waals surface area (Å²) >= 11 is 0. The zero-order valence-electron chi connectivity index (χ0n) is 19.8. The molecule has 0 spiro atoms. The van der Waals surface area contributed by atoms with Crippen molar-refractivity contribution in [3.8, 4) is 0 Å². The van der Waals surface area contributed by atoms with Gasteiger partial charge in [-0.2, -0.15) is 0 Å². The van der Waals surface area contributed by atoms with Gasteiger partial charge in [-0.1, -0.05) is 104 Å². The van der Waals surface area contributed by atoms with Gasteiger partial charge in [0.1, 0.15) is 6.04 Å². The van der Waals surface area contributed by atoms with Crippen LogP contribution in [0.4, 0.5) is 0 Å². The fourth-order valence-electron chi connectivity index (χ4n) is 3.80.